The van der Waals surface area contributed by atoms with Crippen LogP contribution in [0.2, 0.25) is 0 Å². The minimum absolute atomic E-state index is 0.271. The van der Waals surface area contributed by atoms with Gasteiger partial charge in [0.25, 0.3) is 0 Å². The van der Waals surface area contributed by atoms with Gasteiger partial charge in [0.1, 0.15) is 11.6 Å². The molecule has 0 aromatic heterocycles. The Balaban J connectivity index is 2.19. The molecule has 1 atom stereocenters. The highest BCUT2D eigenvalue weighted by molar-refractivity contribution is 5.48. The minimum Gasteiger partial charge on any atom is -0.318 e. The fraction of sp³-hybridized carbons (Fsp3) is 0.250. The second-order valence-corrected chi connectivity index (χ2v) is 5.26. The summed E-state index contributed by atoms with van der Waals surface area (Å²) in [6.07, 6.45) is 1.28. The Kier molecular flexibility index (Phi) is 2.68. The van der Waals surface area contributed by atoms with Crippen LogP contribution in [0.4, 0.5) is 8.78 Å². The highest BCUT2D eigenvalue weighted by atomic mass is 19.1. The lowest BCUT2D eigenvalue weighted by molar-refractivity contribution is 0.490. The van der Waals surface area contributed by atoms with Crippen LogP contribution in [-0.2, 0) is 12.0 Å². The minimum atomic E-state index is -0.848. The topological polar surface area (TPSA) is 26.0 Å². The van der Waals surface area contributed by atoms with Gasteiger partial charge in [-0.2, -0.15) is 0 Å². The van der Waals surface area contributed by atoms with Crippen molar-refractivity contribution < 1.29 is 8.78 Å². The first kappa shape index (κ1) is 12.3. The van der Waals surface area contributed by atoms with Gasteiger partial charge in [-0.1, -0.05) is 23.8 Å². The van der Waals surface area contributed by atoms with Crippen molar-refractivity contribution in [1.29, 1.82) is 0 Å². The predicted molar refractivity (Wildman–Crippen MR) is 70.8 cm³/mol. The molecule has 2 aromatic carbocycles. The highest BCUT2D eigenvalue weighted by Crippen LogP contribution is 2.41. The van der Waals surface area contributed by atoms with E-state index in [0.29, 0.717) is 18.4 Å². The fourth-order valence-corrected chi connectivity index (χ4v) is 2.93. The van der Waals surface area contributed by atoms with Crippen molar-refractivity contribution in [2.45, 2.75) is 25.3 Å². The molecule has 0 aliphatic heterocycles. The van der Waals surface area contributed by atoms with Gasteiger partial charge in [0.05, 0.1) is 5.54 Å². The normalized spacial score (nSPS) is 21.5. The number of hydrogen-bond acceptors (Lipinski definition) is 1. The number of benzene rings is 2. The fourth-order valence-electron chi connectivity index (χ4n) is 2.93. The van der Waals surface area contributed by atoms with Gasteiger partial charge in [-0.3, -0.25) is 0 Å². The molecule has 0 saturated heterocycles. The van der Waals surface area contributed by atoms with Crippen molar-refractivity contribution in [3.05, 3.63) is 70.3 Å². The van der Waals surface area contributed by atoms with Gasteiger partial charge in [0.15, 0.2) is 0 Å². The number of rotatable bonds is 1. The molecule has 19 heavy (non-hydrogen) atoms. The van der Waals surface area contributed by atoms with Crippen LogP contribution in [0.3, 0.4) is 0 Å². The molecule has 3 rings (SSSR count). The third kappa shape index (κ3) is 1.85. The molecule has 98 valence electrons. The van der Waals surface area contributed by atoms with Crippen LogP contribution in [0.1, 0.15) is 28.7 Å². The Morgan fingerprint density at radius 1 is 1.05 bits per heavy atom. The van der Waals surface area contributed by atoms with Crippen molar-refractivity contribution in [3.63, 3.8) is 0 Å². The van der Waals surface area contributed by atoms with E-state index in [2.05, 4.69) is 0 Å². The SMILES string of the molecule is Cc1ccc(F)c(C2(N)CCc3cc(F)ccc32)c1. The van der Waals surface area contributed by atoms with Gasteiger partial charge in [-0.05, 0) is 49.1 Å². The summed E-state index contributed by atoms with van der Waals surface area (Å²) in [6, 6.07) is 9.52. The molecule has 1 unspecified atom stereocenters. The van der Waals surface area contributed by atoms with E-state index in [1.54, 1.807) is 18.2 Å². The van der Waals surface area contributed by atoms with Gasteiger partial charge in [0, 0.05) is 5.56 Å². The Morgan fingerprint density at radius 3 is 2.63 bits per heavy atom. The molecule has 0 heterocycles. The zero-order chi connectivity index (χ0) is 13.6. The number of hydrogen-bond donors (Lipinski definition) is 1. The molecular formula is C16H15F2N. The third-order valence-corrected chi connectivity index (χ3v) is 3.94. The molecule has 1 nitrogen and oxygen atoms in total. The molecule has 0 radical (unpaired) electrons. The average Bonchev–Trinajstić information content (AvgIpc) is 2.70. The molecule has 0 fully saturated rings. The van der Waals surface area contributed by atoms with Gasteiger partial charge >= 0.3 is 0 Å². The molecule has 0 bridgehead atoms. The number of fused-ring (bicyclic) bond motifs is 1. The maximum atomic E-state index is 14.1. The standard InChI is InChI=1S/C16H15F2N/c1-10-2-5-15(18)14(8-10)16(19)7-6-11-9-12(17)3-4-13(11)16/h2-5,8-9H,6-7,19H2,1H3. The maximum Gasteiger partial charge on any atom is 0.128 e. The Morgan fingerprint density at radius 2 is 1.84 bits per heavy atom. The Hall–Kier alpha value is -1.74. The lowest BCUT2D eigenvalue weighted by atomic mass is 9.84. The van der Waals surface area contributed by atoms with Crippen LogP contribution in [0.15, 0.2) is 36.4 Å². The van der Waals surface area contributed by atoms with Gasteiger partial charge in [-0.25, -0.2) is 8.78 Å². The van der Waals surface area contributed by atoms with Gasteiger partial charge in [-0.15, -0.1) is 0 Å². The summed E-state index contributed by atoms with van der Waals surface area (Å²) < 4.78 is 27.3. The smallest absolute Gasteiger partial charge is 0.128 e. The van der Waals surface area contributed by atoms with Crippen molar-refractivity contribution in [3.8, 4) is 0 Å². The lowest BCUT2D eigenvalue weighted by Crippen LogP contribution is -2.36. The van der Waals surface area contributed by atoms with Crippen molar-refractivity contribution in [1.82, 2.24) is 0 Å². The molecule has 1 aliphatic rings. The maximum absolute atomic E-state index is 14.1. The van der Waals surface area contributed by atoms with E-state index >= 15 is 0 Å². The van der Waals surface area contributed by atoms with Crippen LogP contribution < -0.4 is 5.73 Å². The van der Waals surface area contributed by atoms with E-state index < -0.39 is 5.54 Å². The van der Waals surface area contributed by atoms with E-state index in [0.717, 1.165) is 16.7 Å². The average molecular weight is 259 g/mol. The number of halogens is 2. The highest BCUT2D eigenvalue weighted by Gasteiger charge is 2.38. The monoisotopic (exact) mass is 259 g/mol. The summed E-state index contributed by atoms with van der Waals surface area (Å²) in [5.74, 6) is -0.571. The molecule has 2 aromatic rings. The van der Waals surface area contributed by atoms with E-state index in [9.17, 15) is 8.78 Å². The molecule has 0 saturated carbocycles. The molecule has 0 amide bonds. The van der Waals surface area contributed by atoms with E-state index in [1.807, 2.05) is 6.92 Å². The van der Waals surface area contributed by atoms with Crippen LogP contribution in [0.25, 0.3) is 0 Å². The van der Waals surface area contributed by atoms with Crippen molar-refractivity contribution in [2.75, 3.05) is 0 Å². The summed E-state index contributed by atoms with van der Waals surface area (Å²) >= 11 is 0. The lowest BCUT2D eigenvalue weighted by Gasteiger charge is -2.27. The first-order chi connectivity index (χ1) is 9.00. The number of aryl methyl sites for hydroxylation is 2. The van der Waals surface area contributed by atoms with Crippen molar-refractivity contribution >= 4 is 0 Å². The van der Waals surface area contributed by atoms with Crippen molar-refractivity contribution in [2.24, 2.45) is 5.73 Å². The summed E-state index contributed by atoms with van der Waals surface area (Å²) in [4.78, 5) is 0. The van der Waals surface area contributed by atoms with Crippen LogP contribution in [-0.4, -0.2) is 0 Å². The molecular weight excluding hydrogens is 244 g/mol. The molecule has 3 heteroatoms. The van der Waals surface area contributed by atoms with Gasteiger partial charge in [0.2, 0.25) is 0 Å². The van der Waals surface area contributed by atoms with Crippen LogP contribution >= 0.6 is 0 Å². The zero-order valence-electron chi connectivity index (χ0n) is 10.7. The van der Waals surface area contributed by atoms with E-state index in [-0.39, 0.29) is 11.6 Å². The number of nitrogens with two attached hydrogens (primary N) is 1. The predicted octanol–water partition coefficient (Wildman–Crippen LogP) is 3.42. The van der Waals surface area contributed by atoms with Gasteiger partial charge < -0.3 is 5.73 Å². The van der Waals surface area contributed by atoms with Crippen LogP contribution in [0, 0.1) is 18.6 Å². The zero-order valence-corrected chi connectivity index (χ0v) is 10.7. The second kappa shape index (κ2) is 4.14. The molecule has 2 N–H and O–H groups in total. The first-order valence-corrected chi connectivity index (χ1v) is 6.35. The Labute approximate surface area is 111 Å². The molecule has 0 spiro atoms. The second-order valence-electron chi connectivity index (χ2n) is 5.26. The van der Waals surface area contributed by atoms with E-state index in [1.165, 1.54) is 18.2 Å². The summed E-state index contributed by atoms with van der Waals surface area (Å²) in [5, 5.41) is 0. The third-order valence-electron chi connectivity index (χ3n) is 3.94. The quantitative estimate of drug-likeness (QED) is 0.834. The van der Waals surface area contributed by atoms with Crippen LogP contribution in [0.5, 0.6) is 0 Å². The largest absolute Gasteiger partial charge is 0.318 e. The van der Waals surface area contributed by atoms with E-state index in [4.69, 9.17) is 5.73 Å². The molecule has 1 aliphatic carbocycles. The summed E-state index contributed by atoms with van der Waals surface area (Å²) in [5.41, 5.74) is 8.78. The summed E-state index contributed by atoms with van der Waals surface area (Å²) in [7, 11) is 0. The Bertz CT molecular complexity index is 651. The first-order valence-electron chi connectivity index (χ1n) is 6.35. The summed E-state index contributed by atoms with van der Waals surface area (Å²) in [6.45, 7) is 1.91.